The highest BCUT2D eigenvalue weighted by molar-refractivity contribution is 5.75. The van der Waals surface area contributed by atoms with Crippen LogP contribution in [0.15, 0.2) is 18.3 Å². The van der Waals surface area contributed by atoms with Crippen molar-refractivity contribution in [1.29, 1.82) is 0 Å². The molecule has 0 spiro atoms. The van der Waals surface area contributed by atoms with Crippen LogP contribution in [-0.2, 0) is 11.2 Å². The number of amides is 1. The number of hydrogen-bond donors (Lipinski definition) is 2. The molecular formula is C13H23N3O. The number of likely N-dealkylation sites (N-methyl/N-ethyl adjacent to an activating group) is 1. The molecule has 0 aliphatic rings. The van der Waals surface area contributed by atoms with E-state index in [9.17, 15) is 4.79 Å². The zero-order valence-electron chi connectivity index (χ0n) is 11.0. The Morgan fingerprint density at radius 1 is 1.53 bits per heavy atom. The summed E-state index contributed by atoms with van der Waals surface area (Å²) in [6, 6.07) is 4.00. The lowest BCUT2D eigenvalue weighted by Gasteiger charge is -2.21. The highest BCUT2D eigenvalue weighted by Crippen LogP contribution is 2.08. The summed E-state index contributed by atoms with van der Waals surface area (Å²) >= 11 is 0. The molecule has 1 rings (SSSR count). The van der Waals surface area contributed by atoms with E-state index in [1.165, 1.54) is 0 Å². The summed E-state index contributed by atoms with van der Waals surface area (Å²) in [6.07, 6.45) is 4.00. The standard InChI is InChI=1S/C13H23N3O/c1-13(2,14)8-6-12(17)16(3)10-7-11-5-4-9-15-11/h4-5,9,15H,6-8,10,14H2,1-3H3. The summed E-state index contributed by atoms with van der Waals surface area (Å²) in [5.74, 6) is 0.162. The predicted octanol–water partition coefficient (Wildman–Crippen LogP) is 1.53. The molecule has 17 heavy (non-hydrogen) atoms. The van der Waals surface area contributed by atoms with Gasteiger partial charge in [0, 0.05) is 43.9 Å². The highest BCUT2D eigenvalue weighted by Gasteiger charge is 2.15. The molecule has 0 fully saturated rings. The third-order valence-corrected chi connectivity index (χ3v) is 2.79. The van der Waals surface area contributed by atoms with E-state index in [1.807, 2.05) is 39.2 Å². The third kappa shape index (κ3) is 5.54. The van der Waals surface area contributed by atoms with Gasteiger partial charge < -0.3 is 15.6 Å². The van der Waals surface area contributed by atoms with Crippen LogP contribution in [0.2, 0.25) is 0 Å². The highest BCUT2D eigenvalue weighted by atomic mass is 16.2. The Morgan fingerprint density at radius 3 is 2.76 bits per heavy atom. The van der Waals surface area contributed by atoms with Gasteiger partial charge in [-0.15, -0.1) is 0 Å². The van der Waals surface area contributed by atoms with E-state index in [0.29, 0.717) is 6.42 Å². The van der Waals surface area contributed by atoms with Gasteiger partial charge in [0.1, 0.15) is 0 Å². The Balaban J connectivity index is 2.27. The van der Waals surface area contributed by atoms with E-state index in [0.717, 1.165) is 25.1 Å². The van der Waals surface area contributed by atoms with Crippen LogP contribution in [0.3, 0.4) is 0 Å². The maximum atomic E-state index is 11.8. The van der Waals surface area contributed by atoms with Gasteiger partial charge in [-0.2, -0.15) is 0 Å². The second-order valence-corrected chi connectivity index (χ2v) is 5.25. The third-order valence-electron chi connectivity index (χ3n) is 2.79. The van der Waals surface area contributed by atoms with E-state index in [4.69, 9.17) is 5.73 Å². The van der Waals surface area contributed by atoms with Crippen LogP contribution in [0.25, 0.3) is 0 Å². The molecule has 3 N–H and O–H groups in total. The first-order chi connectivity index (χ1) is 7.88. The van der Waals surface area contributed by atoms with E-state index in [2.05, 4.69) is 4.98 Å². The quantitative estimate of drug-likeness (QED) is 0.788. The van der Waals surface area contributed by atoms with E-state index >= 15 is 0 Å². The van der Waals surface area contributed by atoms with Crippen molar-refractivity contribution >= 4 is 5.91 Å². The van der Waals surface area contributed by atoms with E-state index < -0.39 is 0 Å². The average molecular weight is 237 g/mol. The first kappa shape index (κ1) is 13.8. The van der Waals surface area contributed by atoms with Crippen molar-refractivity contribution in [2.24, 2.45) is 5.73 Å². The van der Waals surface area contributed by atoms with Crippen LogP contribution in [0.4, 0.5) is 0 Å². The summed E-state index contributed by atoms with van der Waals surface area (Å²) in [7, 11) is 1.84. The van der Waals surface area contributed by atoms with Crippen molar-refractivity contribution in [2.75, 3.05) is 13.6 Å². The van der Waals surface area contributed by atoms with Gasteiger partial charge in [0.15, 0.2) is 0 Å². The SMILES string of the molecule is CN(CCc1ccc[nH]1)C(=O)CCC(C)(C)N. The first-order valence-electron chi connectivity index (χ1n) is 6.03. The number of carbonyl (C=O) groups excluding carboxylic acids is 1. The summed E-state index contributed by atoms with van der Waals surface area (Å²) in [4.78, 5) is 16.7. The molecule has 0 saturated carbocycles. The number of H-pyrrole nitrogens is 1. The largest absolute Gasteiger partial charge is 0.365 e. The summed E-state index contributed by atoms with van der Waals surface area (Å²) in [5, 5.41) is 0. The molecular weight excluding hydrogens is 214 g/mol. The monoisotopic (exact) mass is 237 g/mol. The molecule has 0 saturated heterocycles. The fraction of sp³-hybridized carbons (Fsp3) is 0.615. The number of nitrogens with zero attached hydrogens (tertiary/aromatic N) is 1. The van der Waals surface area contributed by atoms with Crippen molar-refractivity contribution in [2.45, 2.75) is 38.6 Å². The number of aromatic amines is 1. The van der Waals surface area contributed by atoms with Gasteiger partial charge in [-0.3, -0.25) is 4.79 Å². The Kier molecular flexibility index (Phi) is 4.75. The summed E-state index contributed by atoms with van der Waals surface area (Å²) < 4.78 is 0. The smallest absolute Gasteiger partial charge is 0.222 e. The molecule has 4 heteroatoms. The number of aromatic nitrogens is 1. The molecule has 0 unspecified atom stereocenters. The van der Waals surface area contributed by atoms with Gasteiger partial charge in [0.05, 0.1) is 0 Å². The van der Waals surface area contributed by atoms with Crippen molar-refractivity contribution in [3.63, 3.8) is 0 Å². The lowest BCUT2D eigenvalue weighted by Crippen LogP contribution is -2.35. The molecule has 0 aliphatic carbocycles. The predicted molar refractivity (Wildman–Crippen MR) is 69.6 cm³/mol. The van der Waals surface area contributed by atoms with Gasteiger partial charge in [0.25, 0.3) is 0 Å². The Morgan fingerprint density at radius 2 is 2.24 bits per heavy atom. The van der Waals surface area contributed by atoms with E-state index in [-0.39, 0.29) is 11.4 Å². The van der Waals surface area contributed by atoms with Gasteiger partial charge in [-0.05, 0) is 32.4 Å². The topological polar surface area (TPSA) is 62.1 Å². The van der Waals surface area contributed by atoms with Gasteiger partial charge >= 0.3 is 0 Å². The molecule has 1 heterocycles. The van der Waals surface area contributed by atoms with Crippen LogP contribution in [0.5, 0.6) is 0 Å². The number of hydrogen-bond acceptors (Lipinski definition) is 2. The van der Waals surface area contributed by atoms with Gasteiger partial charge in [0.2, 0.25) is 5.91 Å². The second-order valence-electron chi connectivity index (χ2n) is 5.25. The minimum absolute atomic E-state index is 0.162. The molecule has 0 aliphatic heterocycles. The lowest BCUT2D eigenvalue weighted by molar-refractivity contribution is -0.130. The zero-order chi connectivity index (χ0) is 12.9. The number of carbonyl (C=O) groups is 1. The van der Waals surface area contributed by atoms with Crippen LogP contribution < -0.4 is 5.73 Å². The van der Waals surface area contributed by atoms with Gasteiger partial charge in [-0.1, -0.05) is 0 Å². The average Bonchev–Trinajstić information content (AvgIpc) is 2.74. The van der Waals surface area contributed by atoms with Crippen molar-refractivity contribution in [1.82, 2.24) is 9.88 Å². The van der Waals surface area contributed by atoms with E-state index in [1.54, 1.807) is 4.90 Å². The van der Waals surface area contributed by atoms with Crippen molar-refractivity contribution in [3.8, 4) is 0 Å². The van der Waals surface area contributed by atoms with Crippen LogP contribution in [0, 0.1) is 0 Å². The van der Waals surface area contributed by atoms with Crippen molar-refractivity contribution in [3.05, 3.63) is 24.0 Å². The summed E-state index contributed by atoms with van der Waals surface area (Å²) in [5.41, 5.74) is 6.75. The van der Waals surface area contributed by atoms with Gasteiger partial charge in [-0.25, -0.2) is 0 Å². The van der Waals surface area contributed by atoms with Crippen LogP contribution in [-0.4, -0.2) is 34.9 Å². The molecule has 4 nitrogen and oxygen atoms in total. The van der Waals surface area contributed by atoms with Crippen LogP contribution in [0.1, 0.15) is 32.4 Å². The summed E-state index contributed by atoms with van der Waals surface area (Å²) in [6.45, 7) is 4.63. The zero-order valence-corrected chi connectivity index (χ0v) is 11.0. The molecule has 0 radical (unpaired) electrons. The number of nitrogens with two attached hydrogens (primary N) is 1. The fourth-order valence-corrected chi connectivity index (χ4v) is 1.56. The molecule has 96 valence electrons. The van der Waals surface area contributed by atoms with Crippen molar-refractivity contribution < 1.29 is 4.79 Å². The Bertz CT molecular complexity index is 338. The molecule has 0 bridgehead atoms. The molecule has 1 aromatic rings. The lowest BCUT2D eigenvalue weighted by atomic mass is 10.00. The normalized spacial score (nSPS) is 11.5. The molecule has 0 aromatic carbocycles. The fourth-order valence-electron chi connectivity index (χ4n) is 1.56. The molecule has 0 atom stereocenters. The molecule has 1 amide bonds. The maximum Gasteiger partial charge on any atom is 0.222 e. The number of nitrogens with one attached hydrogen (secondary N) is 1. The number of rotatable bonds is 6. The second kappa shape index (κ2) is 5.87. The molecule has 1 aromatic heterocycles. The Labute approximate surface area is 103 Å². The Hall–Kier alpha value is -1.29. The minimum atomic E-state index is -0.268. The van der Waals surface area contributed by atoms with Crippen LogP contribution >= 0.6 is 0 Å². The first-order valence-corrected chi connectivity index (χ1v) is 6.03. The maximum absolute atomic E-state index is 11.8. The minimum Gasteiger partial charge on any atom is -0.365 e.